The van der Waals surface area contributed by atoms with Crippen molar-refractivity contribution in [1.29, 1.82) is 0 Å². The van der Waals surface area contributed by atoms with Crippen molar-refractivity contribution in [3.63, 3.8) is 0 Å². The highest BCUT2D eigenvalue weighted by Crippen LogP contribution is 2.46. The largest absolute Gasteiger partial charge is 0.125 e. The van der Waals surface area contributed by atoms with E-state index in [1.54, 1.807) is 0 Å². The van der Waals surface area contributed by atoms with E-state index < -0.39 is 0 Å². The Morgan fingerprint density at radius 1 is 0.648 bits per heavy atom. The Bertz CT molecular complexity index is 765. The van der Waals surface area contributed by atoms with Gasteiger partial charge in [-0.3, -0.25) is 0 Å². The van der Waals surface area contributed by atoms with Crippen LogP contribution < -0.4 is 0 Å². The summed E-state index contributed by atoms with van der Waals surface area (Å²) in [5, 5.41) is 0. The fourth-order valence-electron chi connectivity index (χ4n) is 5.12. The molecular formula is C54H108. The number of hydrogen-bond acceptors (Lipinski definition) is 0. The maximum Gasteiger partial charge on any atom is -0.0174 e. The second-order valence-electron chi connectivity index (χ2n) is 12.6. The van der Waals surface area contributed by atoms with Gasteiger partial charge in [-0.15, -0.1) is 31.7 Å². The van der Waals surface area contributed by atoms with E-state index in [-0.39, 0.29) is 0 Å². The number of allylic oxidation sites excluding steroid dienone is 8. The minimum atomic E-state index is 0.886. The Balaban J connectivity index is -0.0000000657. The summed E-state index contributed by atoms with van der Waals surface area (Å²) in [7, 11) is 0. The van der Waals surface area contributed by atoms with E-state index in [0.717, 1.165) is 41.9 Å². The molecule has 0 aromatic heterocycles. The highest BCUT2D eigenvalue weighted by Gasteiger charge is 2.35. The van der Waals surface area contributed by atoms with Crippen LogP contribution in [0.5, 0.6) is 0 Å². The van der Waals surface area contributed by atoms with Crippen LogP contribution in [0.4, 0.5) is 0 Å². The van der Waals surface area contributed by atoms with Crippen LogP contribution in [0.15, 0.2) is 79.1 Å². The predicted molar refractivity (Wildman–Crippen MR) is 265 cm³/mol. The van der Waals surface area contributed by atoms with Crippen molar-refractivity contribution in [2.75, 3.05) is 0 Å². The molecule has 0 aromatic rings. The van der Waals surface area contributed by atoms with Crippen molar-refractivity contribution in [1.82, 2.24) is 0 Å². The normalized spacial score (nSPS) is 20.4. The topological polar surface area (TPSA) is 0 Å². The molecule has 0 aromatic carbocycles. The average molecular weight is 757 g/mol. The van der Waals surface area contributed by atoms with Crippen molar-refractivity contribution >= 4 is 0 Å². The van der Waals surface area contributed by atoms with E-state index in [9.17, 15) is 0 Å². The Morgan fingerprint density at radius 2 is 1.02 bits per heavy atom. The molecule has 3 aliphatic carbocycles. The summed E-state index contributed by atoms with van der Waals surface area (Å²) in [5.41, 5.74) is 5.98. The van der Waals surface area contributed by atoms with E-state index in [2.05, 4.69) is 112 Å². The van der Waals surface area contributed by atoms with E-state index in [4.69, 9.17) is 0 Å². The van der Waals surface area contributed by atoms with E-state index in [1.807, 2.05) is 114 Å². The maximum atomic E-state index is 4.24. The molecule has 324 valence electrons. The molecule has 0 bridgehead atoms. The molecule has 0 radical (unpaired) electrons. The molecule has 0 amide bonds. The summed E-state index contributed by atoms with van der Waals surface area (Å²) in [6.45, 7) is 53.9. The zero-order chi connectivity index (χ0) is 44.8. The van der Waals surface area contributed by atoms with Crippen molar-refractivity contribution in [3.8, 4) is 12.8 Å². The second kappa shape index (κ2) is 72.1. The molecule has 0 aliphatic heterocycles. The van der Waals surface area contributed by atoms with Gasteiger partial charge in [0.15, 0.2) is 0 Å². The van der Waals surface area contributed by atoms with Crippen molar-refractivity contribution in [2.24, 2.45) is 35.5 Å². The summed E-state index contributed by atoms with van der Waals surface area (Å²) in [4.78, 5) is 0. The molecule has 3 saturated carbocycles. The summed E-state index contributed by atoms with van der Waals surface area (Å²) in [6.07, 6.45) is 39.2. The SMILES string of the molecule is C#C.C/C=C\C.C=C.C=C(CCC1CC(/C=C\C)C1)C1CC1C.CC.CC.CC.CC.CC.CC1CCC(C)CC1.CC=C=C/C(=C\C)CCC.CCC. The Labute approximate surface area is 348 Å². The van der Waals surface area contributed by atoms with Crippen molar-refractivity contribution in [3.05, 3.63) is 79.1 Å². The van der Waals surface area contributed by atoms with Gasteiger partial charge in [0.1, 0.15) is 0 Å². The van der Waals surface area contributed by atoms with Gasteiger partial charge in [-0.05, 0) is 126 Å². The first-order valence-electron chi connectivity index (χ1n) is 22.9. The zero-order valence-corrected chi connectivity index (χ0v) is 41.8. The van der Waals surface area contributed by atoms with Gasteiger partial charge in [0.25, 0.3) is 0 Å². The molecule has 54 heavy (non-hydrogen) atoms. The molecule has 2 unspecified atom stereocenters. The molecule has 3 rings (SSSR count). The van der Waals surface area contributed by atoms with Gasteiger partial charge in [-0.2, -0.15) is 0 Å². The van der Waals surface area contributed by atoms with Gasteiger partial charge in [0.05, 0.1) is 0 Å². The van der Waals surface area contributed by atoms with Crippen LogP contribution >= 0.6 is 0 Å². The lowest BCUT2D eigenvalue weighted by Crippen LogP contribution is -2.21. The molecule has 3 aliphatic rings. The molecule has 0 heteroatoms. The summed E-state index contributed by atoms with van der Waals surface area (Å²) in [5.74, 6) is 5.76. The zero-order valence-electron chi connectivity index (χ0n) is 41.8. The highest BCUT2D eigenvalue weighted by molar-refractivity contribution is 5.16. The maximum absolute atomic E-state index is 4.24. The molecule has 0 heterocycles. The summed E-state index contributed by atoms with van der Waals surface area (Å²) >= 11 is 0. The van der Waals surface area contributed by atoms with Gasteiger partial charge in [0.2, 0.25) is 0 Å². The fraction of sp³-hybridized carbons (Fsp3) is 0.722. The van der Waals surface area contributed by atoms with E-state index in [1.165, 1.54) is 81.8 Å². The molecule has 0 spiro atoms. The molecule has 0 N–H and O–H groups in total. The first-order chi connectivity index (χ1) is 26.2. The molecule has 0 saturated heterocycles. The average Bonchev–Trinajstić information content (AvgIpc) is 3.97. The third-order valence-corrected chi connectivity index (χ3v) is 8.23. The lowest BCUT2D eigenvalue weighted by molar-refractivity contribution is 0.224. The van der Waals surface area contributed by atoms with Crippen LogP contribution in [-0.4, -0.2) is 0 Å². The standard InChI is InChI=1S/C15H24.C10H16.C8H16.C4H8.C3H8.5C2H6.C2H4.C2H2/c1-4-5-13-9-14(10-13)7-6-11(2)15-8-12(15)3;1-4-7-9-10(6-3)8-5-2;1-7-3-5-8(2)6-4-7;1-3-4-2;1-3-2;7*1-2/h4-5,12-15H,2,6-10H2,1,3H3;4,6,9H,5,8H2,1-3H3;7-8H,3-6H2,1-2H3;3-4H,1-2H3;3H2,1-2H3;5*1-2H3;1-2H2;1-2H/b5-4-;10-6-;;4-3-;;;;;;;;. The van der Waals surface area contributed by atoms with Crippen LogP contribution in [-0.2, 0) is 0 Å². The lowest BCUT2D eigenvalue weighted by atomic mass is 9.72. The highest BCUT2D eigenvalue weighted by atomic mass is 14.4. The number of hydrogen-bond donors (Lipinski definition) is 0. The van der Waals surface area contributed by atoms with Gasteiger partial charge in [-0.25, -0.2) is 0 Å². The first-order valence-corrected chi connectivity index (χ1v) is 22.9. The minimum Gasteiger partial charge on any atom is -0.125 e. The third-order valence-electron chi connectivity index (χ3n) is 8.23. The first kappa shape index (κ1) is 73.0. The monoisotopic (exact) mass is 757 g/mol. The van der Waals surface area contributed by atoms with Crippen LogP contribution in [0.1, 0.15) is 222 Å². The van der Waals surface area contributed by atoms with Crippen LogP contribution in [0, 0.1) is 48.4 Å². The van der Waals surface area contributed by atoms with Gasteiger partial charge >= 0.3 is 0 Å². The molecular weight excluding hydrogens is 649 g/mol. The molecule has 3 fully saturated rings. The van der Waals surface area contributed by atoms with Crippen LogP contribution in [0.2, 0.25) is 0 Å². The van der Waals surface area contributed by atoms with Crippen LogP contribution in [0.3, 0.4) is 0 Å². The predicted octanol–water partition coefficient (Wildman–Crippen LogP) is 20.1. The lowest BCUT2D eigenvalue weighted by Gasteiger charge is -2.33. The molecule has 2 atom stereocenters. The fourth-order valence-corrected chi connectivity index (χ4v) is 5.12. The number of rotatable bonds is 8. The summed E-state index contributed by atoms with van der Waals surface area (Å²) < 4.78 is 0. The second-order valence-corrected chi connectivity index (χ2v) is 12.6. The molecule has 0 nitrogen and oxygen atoms in total. The van der Waals surface area contributed by atoms with Gasteiger partial charge in [-0.1, -0.05) is 192 Å². The van der Waals surface area contributed by atoms with Gasteiger partial charge in [0, 0.05) is 0 Å². The Morgan fingerprint density at radius 3 is 1.28 bits per heavy atom. The van der Waals surface area contributed by atoms with Crippen LogP contribution in [0.25, 0.3) is 0 Å². The number of terminal acetylenes is 1. The van der Waals surface area contributed by atoms with E-state index >= 15 is 0 Å². The van der Waals surface area contributed by atoms with Gasteiger partial charge < -0.3 is 0 Å². The Kier molecular flexibility index (Phi) is 97.4. The third kappa shape index (κ3) is 61.8. The van der Waals surface area contributed by atoms with Crippen molar-refractivity contribution in [2.45, 2.75) is 222 Å². The van der Waals surface area contributed by atoms with Crippen molar-refractivity contribution < 1.29 is 0 Å². The van der Waals surface area contributed by atoms with E-state index in [0.29, 0.717) is 0 Å². The minimum absolute atomic E-state index is 0.886. The smallest absolute Gasteiger partial charge is 0.0174 e. The summed E-state index contributed by atoms with van der Waals surface area (Å²) in [6, 6.07) is 0. The quantitative estimate of drug-likeness (QED) is 0.100. The Hall–Kier alpha value is -2.22.